The molecule has 1 atom stereocenters. The maximum atomic E-state index is 13.9. The summed E-state index contributed by atoms with van der Waals surface area (Å²) in [6, 6.07) is 11.5. The maximum Gasteiger partial charge on any atom is 0.404 e. The Kier molecular flexibility index (Phi) is 6.03. The monoisotopic (exact) mass is 420 g/mol. The highest BCUT2D eigenvalue weighted by Gasteiger charge is 2.55. The van der Waals surface area contributed by atoms with E-state index in [1.165, 1.54) is 36.4 Å². The third-order valence-corrected chi connectivity index (χ3v) is 7.74. The van der Waals surface area contributed by atoms with Crippen molar-refractivity contribution in [3.8, 4) is 0 Å². The smallest absolute Gasteiger partial charge is 0.404 e. The lowest BCUT2D eigenvalue weighted by atomic mass is 9.76. The van der Waals surface area contributed by atoms with E-state index >= 15 is 0 Å². The lowest BCUT2D eigenvalue weighted by Crippen LogP contribution is -2.51. The highest BCUT2D eigenvalue weighted by Crippen LogP contribution is 2.49. The van der Waals surface area contributed by atoms with Crippen molar-refractivity contribution < 1.29 is 22.9 Å². The summed E-state index contributed by atoms with van der Waals surface area (Å²) in [6.45, 7) is 6.39. The zero-order chi connectivity index (χ0) is 22.0. The molecule has 0 aliphatic heterocycles. The van der Waals surface area contributed by atoms with Crippen LogP contribution in [0, 0.1) is 22.5 Å². The summed E-state index contributed by atoms with van der Waals surface area (Å²) in [5, 5.41) is 11.0. The van der Waals surface area contributed by atoms with E-state index in [1.54, 1.807) is 32.9 Å². The van der Waals surface area contributed by atoms with Gasteiger partial charge in [0, 0.05) is 12.1 Å². The highest BCUT2D eigenvalue weighted by molar-refractivity contribution is 7.92. The van der Waals surface area contributed by atoms with Gasteiger partial charge in [0.2, 0.25) is 0 Å². The first kappa shape index (κ1) is 22.4. The normalized spacial score (nSPS) is 14.1. The van der Waals surface area contributed by atoms with Crippen molar-refractivity contribution in [1.82, 2.24) is 0 Å². The van der Waals surface area contributed by atoms with Gasteiger partial charge in [0.05, 0.1) is 9.82 Å². The van der Waals surface area contributed by atoms with E-state index in [-0.39, 0.29) is 16.1 Å². The van der Waals surface area contributed by atoms with Gasteiger partial charge in [0.15, 0.2) is 9.84 Å². The molecule has 2 rings (SSSR count). The standard InChI is InChI=1S/C20H24N2O6S/c1-14-5-11-17(12-6-14)29(26,27)20(19(2,3)4,13-28-18(21)23)15-7-9-16(10-8-15)22(24)25/h5-12H,13H2,1-4H3,(H2,21,23). The number of benzene rings is 2. The number of non-ortho nitro benzene ring substituents is 1. The third-order valence-electron chi connectivity index (χ3n) is 4.96. The number of carbonyl (C=O) groups is 1. The minimum atomic E-state index is -4.12. The summed E-state index contributed by atoms with van der Waals surface area (Å²) >= 11 is 0. The van der Waals surface area contributed by atoms with Crippen LogP contribution in [0.25, 0.3) is 0 Å². The SMILES string of the molecule is Cc1ccc(S(=O)(=O)C(COC(N)=O)(c2ccc([N+](=O)[O-])cc2)C(C)(C)C)cc1. The van der Waals surface area contributed by atoms with Crippen LogP contribution in [0.5, 0.6) is 0 Å². The van der Waals surface area contributed by atoms with Crippen molar-refractivity contribution in [1.29, 1.82) is 0 Å². The van der Waals surface area contributed by atoms with Crippen LogP contribution in [-0.2, 0) is 19.3 Å². The van der Waals surface area contributed by atoms with Crippen LogP contribution in [0.15, 0.2) is 53.4 Å². The van der Waals surface area contributed by atoms with E-state index in [1.807, 2.05) is 6.92 Å². The number of nitro groups is 1. The summed E-state index contributed by atoms with van der Waals surface area (Å²) in [5.74, 6) is 0. The number of sulfone groups is 1. The molecule has 156 valence electrons. The van der Waals surface area contributed by atoms with Gasteiger partial charge in [-0.1, -0.05) is 50.6 Å². The van der Waals surface area contributed by atoms with Gasteiger partial charge in [-0.2, -0.15) is 0 Å². The van der Waals surface area contributed by atoms with Crippen LogP contribution in [0.3, 0.4) is 0 Å². The Morgan fingerprint density at radius 3 is 2.00 bits per heavy atom. The molecule has 0 fully saturated rings. The minimum Gasteiger partial charge on any atom is -0.448 e. The van der Waals surface area contributed by atoms with Gasteiger partial charge in [0.25, 0.3) is 5.69 Å². The summed E-state index contributed by atoms with van der Waals surface area (Å²) in [4.78, 5) is 21.9. The van der Waals surface area contributed by atoms with Crippen molar-refractivity contribution in [3.05, 3.63) is 69.8 Å². The molecule has 29 heavy (non-hydrogen) atoms. The molecule has 0 radical (unpaired) electrons. The average Bonchev–Trinajstić information content (AvgIpc) is 2.61. The lowest BCUT2D eigenvalue weighted by Gasteiger charge is -2.43. The molecule has 0 heterocycles. The fourth-order valence-electron chi connectivity index (χ4n) is 3.31. The lowest BCUT2D eigenvalue weighted by molar-refractivity contribution is -0.384. The number of nitrogens with two attached hydrogens (primary N) is 1. The molecule has 2 aromatic carbocycles. The summed E-state index contributed by atoms with van der Waals surface area (Å²) in [6.07, 6.45) is -1.11. The van der Waals surface area contributed by atoms with Gasteiger partial charge < -0.3 is 10.5 Å². The van der Waals surface area contributed by atoms with Gasteiger partial charge in [-0.25, -0.2) is 13.2 Å². The van der Waals surface area contributed by atoms with Gasteiger partial charge in [-0.05, 0) is 30.0 Å². The van der Waals surface area contributed by atoms with Crippen LogP contribution in [0.2, 0.25) is 0 Å². The largest absolute Gasteiger partial charge is 0.448 e. The predicted octanol–water partition coefficient (Wildman–Crippen LogP) is 3.71. The first-order valence-corrected chi connectivity index (χ1v) is 10.3. The molecular formula is C20H24N2O6S. The second-order valence-corrected chi connectivity index (χ2v) is 9.98. The summed E-state index contributed by atoms with van der Waals surface area (Å²) in [7, 11) is -4.12. The van der Waals surface area contributed by atoms with Crippen molar-refractivity contribution in [2.45, 2.75) is 37.3 Å². The third kappa shape index (κ3) is 4.09. The molecule has 1 unspecified atom stereocenters. The Bertz CT molecular complexity index is 1010. The van der Waals surface area contributed by atoms with E-state index < -0.39 is 37.6 Å². The van der Waals surface area contributed by atoms with E-state index in [4.69, 9.17) is 10.5 Å². The number of nitrogens with zero attached hydrogens (tertiary/aromatic N) is 1. The minimum absolute atomic E-state index is 0.0458. The van der Waals surface area contributed by atoms with Gasteiger partial charge >= 0.3 is 6.09 Å². The Hall–Kier alpha value is -2.94. The van der Waals surface area contributed by atoms with Gasteiger partial charge in [-0.15, -0.1) is 0 Å². The number of carbonyl (C=O) groups excluding carboxylic acids is 1. The average molecular weight is 420 g/mol. The molecule has 0 bridgehead atoms. The predicted molar refractivity (Wildman–Crippen MR) is 108 cm³/mol. The van der Waals surface area contributed by atoms with E-state index in [0.29, 0.717) is 0 Å². The molecule has 0 aliphatic rings. The first-order valence-electron chi connectivity index (χ1n) is 8.81. The van der Waals surface area contributed by atoms with Crippen LogP contribution < -0.4 is 5.73 Å². The molecule has 0 spiro atoms. The second-order valence-electron chi connectivity index (χ2n) is 7.81. The van der Waals surface area contributed by atoms with Gasteiger partial charge in [-0.3, -0.25) is 10.1 Å². The number of hydrogen-bond acceptors (Lipinski definition) is 6. The van der Waals surface area contributed by atoms with E-state index in [9.17, 15) is 23.3 Å². The topological polar surface area (TPSA) is 130 Å². The van der Waals surface area contributed by atoms with Crippen LogP contribution >= 0.6 is 0 Å². The fourth-order valence-corrected chi connectivity index (χ4v) is 5.68. The zero-order valence-electron chi connectivity index (χ0n) is 16.7. The van der Waals surface area contributed by atoms with Crippen LogP contribution in [-0.4, -0.2) is 26.0 Å². The molecular weight excluding hydrogens is 396 g/mol. The van der Waals surface area contributed by atoms with Crippen molar-refractivity contribution in [2.24, 2.45) is 11.1 Å². The molecule has 1 amide bonds. The quantitative estimate of drug-likeness (QED) is 0.560. The number of aryl methyl sites for hydroxylation is 1. The molecule has 0 saturated heterocycles. The molecule has 8 nitrogen and oxygen atoms in total. The fraction of sp³-hybridized carbons (Fsp3) is 0.350. The number of primary amides is 1. The Balaban J connectivity index is 2.83. The summed E-state index contributed by atoms with van der Waals surface area (Å²) in [5.41, 5.74) is 5.14. The van der Waals surface area contributed by atoms with Crippen LogP contribution in [0.1, 0.15) is 31.9 Å². The number of amides is 1. The maximum absolute atomic E-state index is 13.9. The molecule has 0 aromatic heterocycles. The number of rotatable bonds is 6. The molecule has 0 saturated carbocycles. The Morgan fingerprint density at radius 2 is 1.59 bits per heavy atom. The van der Waals surface area contributed by atoms with Crippen molar-refractivity contribution >= 4 is 21.6 Å². The van der Waals surface area contributed by atoms with E-state index in [0.717, 1.165) is 5.56 Å². The van der Waals surface area contributed by atoms with Crippen molar-refractivity contribution in [2.75, 3.05) is 6.61 Å². The van der Waals surface area contributed by atoms with E-state index in [2.05, 4.69) is 0 Å². The number of ether oxygens (including phenoxy) is 1. The second kappa shape index (κ2) is 7.82. The Labute approximate surface area is 169 Å². The highest BCUT2D eigenvalue weighted by atomic mass is 32.2. The summed E-state index contributed by atoms with van der Waals surface area (Å²) < 4.78 is 31.0. The number of nitro benzene ring substituents is 1. The molecule has 2 aromatic rings. The molecule has 9 heteroatoms. The van der Waals surface area contributed by atoms with Crippen LogP contribution in [0.4, 0.5) is 10.5 Å². The number of hydrogen-bond donors (Lipinski definition) is 1. The van der Waals surface area contributed by atoms with Crippen molar-refractivity contribution in [3.63, 3.8) is 0 Å². The Morgan fingerprint density at radius 1 is 1.07 bits per heavy atom. The van der Waals surface area contributed by atoms with Gasteiger partial charge in [0.1, 0.15) is 11.4 Å². The zero-order valence-corrected chi connectivity index (χ0v) is 17.5. The molecule has 2 N–H and O–H groups in total. The first-order chi connectivity index (χ1) is 13.3. The molecule has 0 aliphatic carbocycles.